The lowest BCUT2D eigenvalue weighted by molar-refractivity contribution is 1.14. The molecule has 3 rings (SSSR count). The zero-order valence-electron chi connectivity index (χ0n) is 12.8. The van der Waals surface area contributed by atoms with E-state index in [4.69, 9.17) is 0 Å². The standard InChI is InChI=1S/C20H22Si/c1-3-17-11-10-16-20(17)21(2,18-12-6-4-7-13-18)19-14-8-5-9-15-19/h4-9,11-16H,3,10H2,1-2H3. The minimum Gasteiger partial charge on any atom is -0.0804 e. The van der Waals surface area contributed by atoms with Gasteiger partial charge in [-0.1, -0.05) is 97.1 Å². The molecule has 0 amide bonds. The topological polar surface area (TPSA) is 0 Å². The van der Waals surface area contributed by atoms with Crippen molar-refractivity contribution < 1.29 is 0 Å². The van der Waals surface area contributed by atoms with Crippen LogP contribution in [0.3, 0.4) is 0 Å². The van der Waals surface area contributed by atoms with Crippen LogP contribution in [0.4, 0.5) is 0 Å². The van der Waals surface area contributed by atoms with Gasteiger partial charge in [-0.2, -0.15) is 0 Å². The molecule has 0 saturated heterocycles. The van der Waals surface area contributed by atoms with E-state index in [1.807, 2.05) is 0 Å². The van der Waals surface area contributed by atoms with Crippen molar-refractivity contribution in [3.05, 3.63) is 83.6 Å². The smallest absolute Gasteiger partial charge is 0.0804 e. The first-order chi connectivity index (χ1) is 10.3. The molecule has 2 aromatic rings. The van der Waals surface area contributed by atoms with Crippen LogP contribution in [0, 0.1) is 0 Å². The summed E-state index contributed by atoms with van der Waals surface area (Å²) in [5.74, 6) is 0. The van der Waals surface area contributed by atoms with E-state index in [0.29, 0.717) is 0 Å². The summed E-state index contributed by atoms with van der Waals surface area (Å²) >= 11 is 0. The van der Waals surface area contributed by atoms with Gasteiger partial charge in [-0.3, -0.25) is 0 Å². The second-order valence-corrected chi connectivity index (χ2v) is 9.74. The van der Waals surface area contributed by atoms with Gasteiger partial charge in [0.2, 0.25) is 0 Å². The third-order valence-electron chi connectivity index (χ3n) is 4.65. The molecule has 1 aliphatic rings. The summed E-state index contributed by atoms with van der Waals surface area (Å²) in [6.07, 6.45) is 7.10. The van der Waals surface area contributed by atoms with E-state index in [1.165, 1.54) is 10.4 Å². The first kappa shape index (κ1) is 14.1. The molecule has 0 spiro atoms. The van der Waals surface area contributed by atoms with E-state index in [0.717, 1.165) is 12.8 Å². The number of hydrogen-bond acceptors (Lipinski definition) is 0. The lowest BCUT2D eigenvalue weighted by atomic mass is 10.2. The van der Waals surface area contributed by atoms with Crippen LogP contribution < -0.4 is 10.4 Å². The molecule has 0 atom stereocenters. The summed E-state index contributed by atoms with van der Waals surface area (Å²) in [6.45, 7) is 4.77. The van der Waals surface area contributed by atoms with E-state index in [9.17, 15) is 0 Å². The summed E-state index contributed by atoms with van der Waals surface area (Å²) in [5, 5.41) is 4.62. The van der Waals surface area contributed by atoms with E-state index >= 15 is 0 Å². The second-order valence-electron chi connectivity index (χ2n) is 5.79. The highest BCUT2D eigenvalue weighted by molar-refractivity contribution is 7.07. The Labute approximate surface area is 128 Å². The van der Waals surface area contributed by atoms with Crippen LogP contribution in [0.2, 0.25) is 6.55 Å². The molecule has 0 radical (unpaired) electrons. The normalized spacial score (nSPS) is 14.8. The van der Waals surface area contributed by atoms with Crippen molar-refractivity contribution in [3.63, 3.8) is 0 Å². The highest BCUT2D eigenvalue weighted by atomic mass is 28.3. The molecule has 1 aliphatic carbocycles. The largest absolute Gasteiger partial charge is 0.145 e. The summed E-state index contributed by atoms with van der Waals surface area (Å²) in [7, 11) is -1.86. The van der Waals surface area contributed by atoms with E-state index in [-0.39, 0.29) is 0 Å². The van der Waals surface area contributed by atoms with Gasteiger partial charge in [0.25, 0.3) is 0 Å². The lowest BCUT2D eigenvalue weighted by Gasteiger charge is -2.32. The fourth-order valence-corrected chi connectivity index (χ4v) is 7.56. The van der Waals surface area contributed by atoms with Crippen molar-refractivity contribution in [2.24, 2.45) is 0 Å². The molecule has 0 N–H and O–H groups in total. The third-order valence-corrected chi connectivity index (χ3v) is 9.23. The Morgan fingerprint density at radius 3 is 1.81 bits per heavy atom. The van der Waals surface area contributed by atoms with Crippen molar-refractivity contribution in [2.75, 3.05) is 0 Å². The predicted octanol–water partition coefficient (Wildman–Crippen LogP) is 4.09. The molecule has 0 heterocycles. The molecule has 0 bridgehead atoms. The first-order valence-electron chi connectivity index (χ1n) is 7.78. The molecule has 0 fully saturated rings. The summed E-state index contributed by atoms with van der Waals surface area (Å²) in [4.78, 5) is 0. The molecular formula is C20H22Si. The van der Waals surface area contributed by atoms with Crippen LogP contribution in [0.1, 0.15) is 19.8 Å². The minimum absolute atomic E-state index is 1.10. The second kappa shape index (κ2) is 5.86. The molecule has 0 aliphatic heterocycles. The van der Waals surface area contributed by atoms with Gasteiger partial charge >= 0.3 is 0 Å². The Kier molecular flexibility index (Phi) is 3.93. The zero-order valence-corrected chi connectivity index (χ0v) is 13.8. The molecule has 106 valence electrons. The van der Waals surface area contributed by atoms with Crippen molar-refractivity contribution >= 4 is 18.4 Å². The summed E-state index contributed by atoms with van der Waals surface area (Å²) in [6, 6.07) is 22.2. The van der Waals surface area contributed by atoms with Crippen molar-refractivity contribution in [2.45, 2.75) is 26.3 Å². The minimum atomic E-state index is -1.86. The zero-order chi connectivity index (χ0) is 14.7. The Bertz CT molecular complexity index is 626. The lowest BCUT2D eigenvalue weighted by Crippen LogP contribution is -2.57. The quantitative estimate of drug-likeness (QED) is 0.744. The van der Waals surface area contributed by atoms with E-state index < -0.39 is 8.07 Å². The Morgan fingerprint density at radius 2 is 1.33 bits per heavy atom. The van der Waals surface area contributed by atoms with Crippen molar-refractivity contribution in [3.8, 4) is 0 Å². The van der Waals surface area contributed by atoms with Gasteiger partial charge in [-0.15, -0.1) is 0 Å². The Balaban J connectivity index is 2.20. The summed E-state index contributed by atoms with van der Waals surface area (Å²) in [5.41, 5.74) is 1.55. The number of hydrogen-bond donors (Lipinski definition) is 0. The van der Waals surface area contributed by atoms with Crippen LogP contribution in [0.5, 0.6) is 0 Å². The van der Waals surface area contributed by atoms with Crippen LogP contribution in [-0.2, 0) is 0 Å². The molecular weight excluding hydrogens is 268 g/mol. The van der Waals surface area contributed by atoms with Gasteiger partial charge in [0, 0.05) is 0 Å². The van der Waals surface area contributed by atoms with Crippen molar-refractivity contribution in [1.82, 2.24) is 0 Å². The summed E-state index contributed by atoms with van der Waals surface area (Å²) < 4.78 is 0. The molecule has 1 heteroatoms. The maximum Gasteiger partial charge on any atom is 0.145 e. The highest BCUT2D eigenvalue weighted by Crippen LogP contribution is 2.30. The molecule has 0 nitrogen and oxygen atoms in total. The first-order valence-corrected chi connectivity index (χ1v) is 10.3. The van der Waals surface area contributed by atoms with Crippen LogP contribution in [0.15, 0.2) is 83.6 Å². The maximum absolute atomic E-state index is 2.50. The fourth-order valence-electron chi connectivity index (χ4n) is 3.44. The Hall–Kier alpha value is -1.86. The third kappa shape index (κ3) is 2.42. The Morgan fingerprint density at radius 1 is 0.810 bits per heavy atom. The van der Waals surface area contributed by atoms with Gasteiger partial charge in [-0.05, 0) is 23.2 Å². The molecule has 0 unspecified atom stereocenters. The molecule has 21 heavy (non-hydrogen) atoms. The van der Waals surface area contributed by atoms with Gasteiger partial charge in [0.05, 0.1) is 0 Å². The predicted molar refractivity (Wildman–Crippen MR) is 94.8 cm³/mol. The SMILES string of the molecule is CCC1=CCC=C1[Si](C)(c1ccccc1)c1ccccc1. The van der Waals surface area contributed by atoms with Crippen LogP contribution >= 0.6 is 0 Å². The van der Waals surface area contributed by atoms with Gasteiger partial charge < -0.3 is 0 Å². The van der Waals surface area contributed by atoms with E-state index in [1.54, 1.807) is 10.8 Å². The fraction of sp³-hybridized carbons (Fsp3) is 0.200. The van der Waals surface area contributed by atoms with Gasteiger partial charge in [-0.25, -0.2) is 0 Å². The number of benzene rings is 2. The average Bonchev–Trinajstić information content (AvgIpc) is 3.05. The monoisotopic (exact) mass is 290 g/mol. The van der Waals surface area contributed by atoms with Gasteiger partial charge in [0.15, 0.2) is 0 Å². The van der Waals surface area contributed by atoms with Crippen LogP contribution in [-0.4, -0.2) is 8.07 Å². The van der Waals surface area contributed by atoms with Crippen molar-refractivity contribution in [1.29, 1.82) is 0 Å². The number of rotatable bonds is 4. The van der Waals surface area contributed by atoms with E-state index in [2.05, 4.69) is 86.3 Å². The average molecular weight is 290 g/mol. The highest BCUT2D eigenvalue weighted by Gasteiger charge is 2.37. The molecule has 0 saturated carbocycles. The molecule has 0 aromatic heterocycles. The van der Waals surface area contributed by atoms with Crippen LogP contribution in [0.25, 0.3) is 0 Å². The molecule has 2 aromatic carbocycles. The maximum atomic E-state index is 2.50. The van der Waals surface area contributed by atoms with Gasteiger partial charge in [0.1, 0.15) is 8.07 Å². The number of allylic oxidation sites excluding steroid dienone is 4.